The zero-order chi connectivity index (χ0) is 17.3. The summed E-state index contributed by atoms with van der Waals surface area (Å²) in [6, 6.07) is 11.4. The average molecular weight is 439 g/mol. The zero-order valence-electron chi connectivity index (χ0n) is 12.6. The molecule has 0 saturated carbocycles. The number of amides is 1. The molecule has 0 aliphatic carbocycles. The number of halogens is 3. The Morgan fingerprint density at radius 2 is 1.75 bits per heavy atom. The van der Waals surface area contributed by atoms with Gasteiger partial charge in [0.15, 0.2) is 0 Å². The first-order valence-electron chi connectivity index (χ1n) is 7.03. The summed E-state index contributed by atoms with van der Waals surface area (Å²) in [5.41, 5.74) is 1.68. The van der Waals surface area contributed by atoms with Crippen LogP contribution in [0.15, 0.2) is 48.5 Å². The van der Waals surface area contributed by atoms with Gasteiger partial charge in [0.1, 0.15) is 17.5 Å². The SMILES string of the molecule is Cc1cc(NC(=O)c2ccc(F)cc2I)n(-c2ccc(F)cc2)n1. The molecule has 7 heteroatoms. The van der Waals surface area contributed by atoms with Crippen LogP contribution in [-0.2, 0) is 0 Å². The maximum absolute atomic E-state index is 13.2. The van der Waals surface area contributed by atoms with Crippen LogP contribution in [0.3, 0.4) is 0 Å². The molecular weight excluding hydrogens is 427 g/mol. The van der Waals surface area contributed by atoms with Crippen LogP contribution in [0, 0.1) is 22.1 Å². The molecule has 0 spiro atoms. The van der Waals surface area contributed by atoms with Crippen molar-refractivity contribution in [2.75, 3.05) is 5.32 Å². The number of hydrogen-bond donors (Lipinski definition) is 1. The molecule has 1 aromatic heterocycles. The van der Waals surface area contributed by atoms with Gasteiger partial charge in [-0.05, 0) is 72.0 Å². The second-order valence-electron chi connectivity index (χ2n) is 5.14. The Balaban J connectivity index is 1.93. The molecule has 0 aliphatic rings. The highest BCUT2D eigenvalue weighted by atomic mass is 127. The zero-order valence-corrected chi connectivity index (χ0v) is 14.7. The first-order valence-corrected chi connectivity index (χ1v) is 8.11. The van der Waals surface area contributed by atoms with Gasteiger partial charge in [0.25, 0.3) is 5.91 Å². The molecule has 1 heterocycles. The fraction of sp³-hybridized carbons (Fsp3) is 0.0588. The van der Waals surface area contributed by atoms with Crippen LogP contribution in [0.2, 0.25) is 0 Å². The van der Waals surface area contributed by atoms with E-state index in [9.17, 15) is 13.6 Å². The van der Waals surface area contributed by atoms with Crippen LogP contribution in [-0.4, -0.2) is 15.7 Å². The van der Waals surface area contributed by atoms with Crippen LogP contribution in [0.25, 0.3) is 5.69 Å². The minimum atomic E-state index is -0.400. The predicted molar refractivity (Wildman–Crippen MR) is 95.3 cm³/mol. The molecule has 0 radical (unpaired) electrons. The van der Waals surface area contributed by atoms with Crippen LogP contribution in [0.4, 0.5) is 14.6 Å². The van der Waals surface area contributed by atoms with Gasteiger partial charge >= 0.3 is 0 Å². The number of nitrogens with zero attached hydrogens (tertiary/aromatic N) is 2. The fourth-order valence-electron chi connectivity index (χ4n) is 2.22. The lowest BCUT2D eigenvalue weighted by atomic mass is 10.2. The molecule has 0 bridgehead atoms. The van der Waals surface area contributed by atoms with E-state index in [1.54, 1.807) is 25.1 Å². The van der Waals surface area contributed by atoms with E-state index in [-0.39, 0.29) is 11.7 Å². The first-order chi connectivity index (χ1) is 11.4. The summed E-state index contributed by atoms with van der Waals surface area (Å²) in [6.45, 7) is 1.79. The lowest BCUT2D eigenvalue weighted by Gasteiger charge is -2.10. The summed E-state index contributed by atoms with van der Waals surface area (Å²) in [5.74, 6) is -0.677. The summed E-state index contributed by atoms with van der Waals surface area (Å²) in [6.07, 6.45) is 0. The third kappa shape index (κ3) is 3.45. The molecule has 0 atom stereocenters. The molecule has 2 aromatic carbocycles. The van der Waals surface area contributed by atoms with Gasteiger partial charge in [-0.1, -0.05) is 0 Å². The number of hydrogen-bond acceptors (Lipinski definition) is 2. The van der Waals surface area contributed by atoms with E-state index in [2.05, 4.69) is 10.4 Å². The highest BCUT2D eigenvalue weighted by Crippen LogP contribution is 2.20. The minimum Gasteiger partial charge on any atom is -0.306 e. The van der Waals surface area contributed by atoms with Gasteiger partial charge in [0, 0.05) is 9.64 Å². The first kappa shape index (κ1) is 16.6. The Morgan fingerprint density at radius 3 is 2.42 bits per heavy atom. The minimum absolute atomic E-state index is 0.353. The van der Waals surface area contributed by atoms with Crippen LogP contribution < -0.4 is 5.32 Å². The lowest BCUT2D eigenvalue weighted by Crippen LogP contribution is -2.16. The number of rotatable bonds is 3. The largest absolute Gasteiger partial charge is 0.306 e. The van der Waals surface area contributed by atoms with Crippen molar-refractivity contribution in [1.29, 1.82) is 0 Å². The van der Waals surface area contributed by atoms with E-state index >= 15 is 0 Å². The molecule has 122 valence electrons. The van der Waals surface area contributed by atoms with Crippen molar-refractivity contribution in [3.05, 3.63) is 75.0 Å². The fourth-order valence-corrected chi connectivity index (χ4v) is 2.95. The molecule has 1 amide bonds. The van der Waals surface area contributed by atoms with Gasteiger partial charge in [-0.2, -0.15) is 5.10 Å². The van der Waals surface area contributed by atoms with Crippen molar-refractivity contribution in [2.24, 2.45) is 0 Å². The third-order valence-corrected chi connectivity index (χ3v) is 4.21. The van der Waals surface area contributed by atoms with Crippen LogP contribution in [0.1, 0.15) is 16.1 Å². The second-order valence-corrected chi connectivity index (χ2v) is 6.30. The monoisotopic (exact) mass is 439 g/mol. The lowest BCUT2D eigenvalue weighted by molar-refractivity contribution is 0.102. The maximum Gasteiger partial charge on any atom is 0.257 e. The third-order valence-electron chi connectivity index (χ3n) is 3.32. The van der Waals surface area contributed by atoms with Gasteiger partial charge in [-0.3, -0.25) is 4.79 Å². The van der Waals surface area contributed by atoms with Crippen LogP contribution in [0.5, 0.6) is 0 Å². The normalized spacial score (nSPS) is 10.7. The quantitative estimate of drug-likeness (QED) is 0.619. The van der Waals surface area contributed by atoms with E-state index in [0.29, 0.717) is 26.3 Å². The summed E-state index contributed by atoms with van der Waals surface area (Å²) in [4.78, 5) is 12.5. The number of nitrogens with one attached hydrogen (secondary N) is 1. The Bertz CT molecular complexity index is 907. The Labute approximate surface area is 150 Å². The summed E-state index contributed by atoms with van der Waals surface area (Å²) in [7, 11) is 0. The Kier molecular flexibility index (Phi) is 4.61. The average Bonchev–Trinajstić information content (AvgIpc) is 2.88. The van der Waals surface area contributed by atoms with E-state index in [1.807, 2.05) is 22.6 Å². The van der Waals surface area contributed by atoms with E-state index < -0.39 is 5.82 Å². The number of carbonyl (C=O) groups excluding carboxylic acids is 1. The maximum atomic E-state index is 13.2. The Morgan fingerprint density at radius 1 is 1.08 bits per heavy atom. The second kappa shape index (κ2) is 6.68. The highest BCUT2D eigenvalue weighted by molar-refractivity contribution is 14.1. The summed E-state index contributed by atoms with van der Waals surface area (Å²) >= 11 is 1.91. The van der Waals surface area contributed by atoms with Gasteiger partial charge < -0.3 is 5.32 Å². The number of benzene rings is 2. The number of aryl methyl sites for hydroxylation is 1. The smallest absolute Gasteiger partial charge is 0.257 e. The standard InChI is InChI=1S/C17H12F2IN3O/c1-10-8-16(23(22-10)13-5-2-11(18)3-6-13)21-17(24)14-7-4-12(19)9-15(14)20/h2-9H,1H3,(H,21,24). The Hall–Kier alpha value is -2.29. The van der Waals surface area contributed by atoms with E-state index in [1.165, 1.54) is 35.0 Å². The summed E-state index contributed by atoms with van der Waals surface area (Å²) in [5, 5.41) is 7.07. The molecule has 0 unspecified atom stereocenters. The van der Waals surface area contributed by atoms with Gasteiger partial charge in [0.2, 0.25) is 0 Å². The summed E-state index contributed by atoms with van der Waals surface area (Å²) < 4.78 is 28.3. The van der Waals surface area contributed by atoms with E-state index in [0.717, 1.165) is 0 Å². The molecule has 0 saturated heterocycles. The molecule has 1 N–H and O–H groups in total. The van der Waals surface area contributed by atoms with Gasteiger partial charge in [0.05, 0.1) is 16.9 Å². The molecule has 3 aromatic rings. The molecule has 24 heavy (non-hydrogen) atoms. The molecule has 0 fully saturated rings. The van der Waals surface area contributed by atoms with Crippen molar-refractivity contribution < 1.29 is 13.6 Å². The number of carbonyl (C=O) groups is 1. The number of anilines is 1. The predicted octanol–water partition coefficient (Wildman–Crippen LogP) is 4.32. The topological polar surface area (TPSA) is 46.9 Å². The molecular formula is C17H12F2IN3O. The van der Waals surface area contributed by atoms with Crippen molar-refractivity contribution in [1.82, 2.24) is 9.78 Å². The number of aromatic nitrogens is 2. The van der Waals surface area contributed by atoms with Crippen molar-refractivity contribution in [3.8, 4) is 5.69 Å². The molecule has 3 rings (SSSR count). The van der Waals surface area contributed by atoms with Crippen LogP contribution >= 0.6 is 22.6 Å². The van der Waals surface area contributed by atoms with Crippen molar-refractivity contribution >= 4 is 34.3 Å². The van der Waals surface area contributed by atoms with Crippen molar-refractivity contribution in [2.45, 2.75) is 6.92 Å². The van der Waals surface area contributed by atoms with Gasteiger partial charge in [-0.15, -0.1) is 0 Å². The highest BCUT2D eigenvalue weighted by Gasteiger charge is 2.15. The molecule has 0 aliphatic heterocycles. The van der Waals surface area contributed by atoms with E-state index in [4.69, 9.17) is 0 Å². The molecule has 4 nitrogen and oxygen atoms in total. The van der Waals surface area contributed by atoms with Gasteiger partial charge in [-0.25, -0.2) is 13.5 Å². The van der Waals surface area contributed by atoms with Crippen molar-refractivity contribution in [3.63, 3.8) is 0 Å².